The second kappa shape index (κ2) is 6.08. The van der Waals surface area contributed by atoms with E-state index in [0.717, 1.165) is 25.7 Å². The van der Waals surface area contributed by atoms with E-state index >= 15 is 0 Å². The molecule has 2 unspecified atom stereocenters. The standard InChI is InChI=1S/C11H22N2O2/c1-13(2)8-11(15)12-7-9-4-3-5-10(14)6-9/h9-10,14H,3-8H2,1-2H3,(H,12,15). The topological polar surface area (TPSA) is 52.6 Å². The summed E-state index contributed by atoms with van der Waals surface area (Å²) < 4.78 is 0. The second-order valence-electron chi connectivity index (χ2n) is 4.73. The third-order valence-electron chi connectivity index (χ3n) is 2.80. The van der Waals surface area contributed by atoms with Gasteiger partial charge < -0.3 is 15.3 Å². The van der Waals surface area contributed by atoms with Gasteiger partial charge in [-0.05, 0) is 39.3 Å². The molecule has 0 heterocycles. The van der Waals surface area contributed by atoms with Gasteiger partial charge in [0.05, 0.1) is 12.6 Å². The highest BCUT2D eigenvalue weighted by Crippen LogP contribution is 2.23. The number of amides is 1. The van der Waals surface area contributed by atoms with Crippen molar-refractivity contribution in [1.82, 2.24) is 10.2 Å². The Hall–Kier alpha value is -0.610. The summed E-state index contributed by atoms with van der Waals surface area (Å²) >= 11 is 0. The van der Waals surface area contributed by atoms with Crippen molar-refractivity contribution in [2.75, 3.05) is 27.2 Å². The van der Waals surface area contributed by atoms with E-state index in [1.165, 1.54) is 0 Å². The average Bonchev–Trinajstić information content (AvgIpc) is 2.14. The molecule has 1 aliphatic rings. The number of carbonyl (C=O) groups is 1. The lowest BCUT2D eigenvalue weighted by Gasteiger charge is -2.26. The molecule has 0 aromatic heterocycles. The molecule has 0 saturated heterocycles. The molecular formula is C11H22N2O2. The molecule has 15 heavy (non-hydrogen) atoms. The summed E-state index contributed by atoms with van der Waals surface area (Å²) in [6, 6.07) is 0. The van der Waals surface area contributed by atoms with Crippen LogP contribution in [0.4, 0.5) is 0 Å². The lowest BCUT2D eigenvalue weighted by molar-refractivity contribution is -0.122. The van der Waals surface area contributed by atoms with E-state index in [2.05, 4.69) is 5.32 Å². The minimum Gasteiger partial charge on any atom is -0.393 e. The van der Waals surface area contributed by atoms with Crippen molar-refractivity contribution in [1.29, 1.82) is 0 Å². The normalized spacial score (nSPS) is 26.7. The maximum Gasteiger partial charge on any atom is 0.234 e. The molecule has 0 radical (unpaired) electrons. The summed E-state index contributed by atoms with van der Waals surface area (Å²) in [5.74, 6) is 0.528. The van der Waals surface area contributed by atoms with Gasteiger partial charge in [0.2, 0.25) is 5.91 Å². The molecule has 4 nitrogen and oxygen atoms in total. The van der Waals surface area contributed by atoms with E-state index in [1.807, 2.05) is 19.0 Å². The number of likely N-dealkylation sites (N-methyl/N-ethyl adjacent to an activating group) is 1. The van der Waals surface area contributed by atoms with Crippen LogP contribution in [-0.4, -0.2) is 49.2 Å². The first-order chi connectivity index (χ1) is 7.08. The van der Waals surface area contributed by atoms with Gasteiger partial charge >= 0.3 is 0 Å². The number of nitrogens with zero attached hydrogens (tertiary/aromatic N) is 1. The Bertz CT molecular complexity index is 207. The second-order valence-corrected chi connectivity index (χ2v) is 4.73. The Kier molecular flexibility index (Phi) is 5.05. The number of aliphatic hydroxyl groups excluding tert-OH is 1. The van der Waals surface area contributed by atoms with Gasteiger partial charge in [0.25, 0.3) is 0 Å². The molecule has 0 aliphatic heterocycles. The molecule has 1 amide bonds. The smallest absolute Gasteiger partial charge is 0.234 e. The largest absolute Gasteiger partial charge is 0.393 e. The first kappa shape index (κ1) is 12.5. The molecule has 0 bridgehead atoms. The SMILES string of the molecule is CN(C)CC(=O)NCC1CCCC(O)C1. The fourth-order valence-electron chi connectivity index (χ4n) is 2.05. The average molecular weight is 214 g/mol. The molecule has 1 aliphatic carbocycles. The van der Waals surface area contributed by atoms with Gasteiger partial charge in [-0.1, -0.05) is 6.42 Å². The highest BCUT2D eigenvalue weighted by molar-refractivity contribution is 5.77. The Morgan fingerprint density at radius 2 is 2.20 bits per heavy atom. The van der Waals surface area contributed by atoms with E-state index in [-0.39, 0.29) is 12.0 Å². The Balaban J connectivity index is 2.16. The number of aliphatic hydroxyl groups is 1. The monoisotopic (exact) mass is 214 g/mol. The van der Waals surface area contributed by atoms with Crippen molar-refractivity contribution in [3.63, 3.8) is 0 Å². The zero-order valence-electron chi connectivity index (χ0n) is 9.70. The molecule has 88 valence electrons. The van der Waals surface area contributed by atoms with Gasteiger partial charge in [-0.2, -0.15) is 0 Å². The molecule has 0 aromatic carbocycles. The fraction of sp³-hybridized carbons (Fsp3) is 0.909. The van der Waals surface area contributed by atoms with Crippen LogP contribution in [0.3, 0.4) is 0 Å². The lowest BCUT2D eigenvalue weighted by Crippen LogP contribution is -2.37. The van der Waals surface area contributed by atoms with Crippen LogP contribution in [0.2, 0.25) is 0 Å². The summed E-state index contributed by atoms with van der Waals surface area (Å²) in [7, 11) is 3.76. The van der Waals surface area contributed by atoms with E-state index in [0.29, 0.717) is 19.0 Å². The molecule has 1 fully saturated rings. The summed E-state index contributed by atoms with van der Waals surface area (Å²) in [4.78, 5) is 13.2. The maximum absolute atomic E-state index is 11.4. The van der Waals surface area contributed by atoms with Gasteiger partial charge in [0.1, 0.15) is 0 Å². The number of rotatable bonds is 4. The summed E-state index contributed by atoms with van der Waals surface area (Å²) in [5.41, 5.74) is 0. The first-order valence-electron chi connectivity index (χ1n) is 5.67. The minimum atomic E-state index is -0.158. The molecule has 2 N–H and O–H groups in total. The predicted octanol–water partition coefficient (Wildman–Crippen LogP) is 0.215. The van der Waals surface area contributed by atoms with Crippen LogP contribution in [-0.2, 0) is 4.79 Å². The summed E-state index contributed by atoms with van der Waals surface area (Å²) in [6.45, 7) is 1.15. The van der Waals surface area contributed by atoms with Crippen molar-refractivity contribution in [2.45, 2.75) is 31.8 Å². The van der Waals surface area contributed by atoms with Gasteiger partial charge in [-0.3, -0.25) is 4.79 Å². The minimum absolute atomic E-state index is 0.0695. The van der Waals surface area contributed by atoms with E-state index in [1.54, 1.807) is 0 Å². The van der Waals surface area contributed by atoms with Crippen molar-refractivity contribution >= 4 is 5.91 Å². The molecule has 1 rings (SSSR count). The van der Waals surface area contributed by atoms with Crippen molar-refractivity contribution in [3.8, 4) is 0 Å². The zero-order valence-corrected chi connectivity index (χ0v) is 9.70. The quantitative estimate of drug-likeness (QED) is 0.703. The van der Waals surface area contributed by atoms with E-state index in [4.69, 9.17) is 0 Å². The van der Waals surface area contributed by atoms with Gasteiger partial charge in [0.15, 0.2) is 0 Å². The maximum atomic E-state index is 11.4. The van der Waals surface area contributed by atoms with Crippen LogP contribution in [0.25, 0.3) is 0 Å². The number of carbonyl (C=O) groups excluding carboxylic acids is 1. The Morgan fingerprint density at radius 3 is 2.80 bits per heavy atom. The highest BCUT2D eigenvalue weighted by Gasteiger charge is 2.20. The summed E-state index contributed by atoms with van der Waals surface area (Å²) in [5, 5.41) is 12.4. The summed E-state index contributed by atoms with van der Waals surface area (Å²) in [6.07, 6.45) is 3.80. The van der Waals surface area contributed by atoms with Crippen molar-refractivity contribution < 1.29 is 9.90 Å². The number of hydrogen-bond donors (Lipinski definition) is 2. The molecule has 2 atom stereocenters. The van der Waals surface area contributed by atoms with Crippen LogP contribution in [0.15, 0.2) is 0 Å². The Labute approximate surface area is 91.6 Å². The fourth-order valence-corrected chi connectivity index (χ4v) is 2.05. The van der Waals surface area contributed by atoms with Crippen LogP contribution < -0.4 is 5.32 Å². The predicted molar refractivity (Wildman–Crippen MR) is 59.5 cm³/mol. The van der Waals surface area contributed by atoms with Crippen LogP contribution in [0, 0.1) is 5.92 Å². The van der Waals surface area contributed by atoms with E-state index in [9.17, 15) is 9.90 Å². The lowest BCUT2D eigenvalue weighted by atomic mass is 9.87. The number of hydrogen-bond acceptors (Lipinski definition) is 3. The van der Waals surface area contributed by atoms with Crippen LogP contribution in [0.5, 0.6) is 0 Å². The van der Waals surface area contributed by atoms with Gasteiger partial charge in [-0.25, -0.2) is 0 Å². The van der Waals surface area contributed by atoms with Crippen LogP contribution in [0.1, 0.15) is 25.7 Å². The van der Waals surface area contributed by atoms with E-state index < -0.39 is 0 Å². The van der Waals surface area contributed by atoms with Gasteiger partial charge in [-0.15, -0.1) is 0 Å². The zero-order chi connectivity index (χ0) is 11.3. The van der Waals surface area contributed by atoms with Crippen LogP contribution >= 0.6 is 0 Å². The Morgan fingerprint density at radius 1 is 1.47 bits per heavy atom. The van der Waals surface area contributed by atoms with Crippen molar-refractivity contribution in [2.24, 2.45) is 5.92 Å². The first-order valence-corrected chi connectivity index (χ1v) is 5.67. The number of nitrogens with one attached hydrogen (secondary N) is 1. The van der Waals surface area contributed by atoms with Crippen molar-refractivity contribution in [3.05, 3.63) is 0 Å². The molecule has 4 heteroatoms. The molecular weight excluding hydrogens is 192 g/mol. The molecule has 0 aromatic rings. The third kappa shape index (κ3) is 5.14. The molecule has 1 saturated carbocycles. The highest BCUT2D eigenvalue weighted by atomic mass is 16.3. The third-order valence-corrected chi connectivity index (χ3v) is 2.80. The van der Waals surface area contributed by atoms with Gasteiger partial charge in [0, 0.05) is 6.54 Å². The molecule has 0 spiro atoms.